The number of aromatic nitrogens is 2. The summed E-state index contributed by atoms with van der Waals surface area (Å²) in [4.78, 5) is 33.5. The first kappa shape index (κ1) is 21.3. The third kappa shape index (κ3) is 5.33. The van der Waals surface area contributed by atoms with Gasteiger partial charge in [-0.1, -0.05) is 43.8 Å². The molecule has 0 atom stereocenters. The summed E-state index contributed by atoms with van der Waals surface area (Å²) in [5.41, 5.74) is 2.22. The Hall–Kier alpha value is -2.45. The number of para-hydroxylation sites is 1. The molecule has 2 heterocycles. The Morgan fingerprint density at radius 2 is 2.03 bits per heavy atom. The number of nitrogens with one attached hydrogen (secondary N) is 1. The van der Waals surface area contributed by atoms with Gasteiger partial charge in [0.2, 0.25) is 5.91 Å². The van der Waals surface area contributed by atoms with Crippen LogP contribution in [0.5, 0.6) is 0 Å². The molecule has 0 saturated heterocycles. The van der Waals surface area contributed by atoms with Gasteiger partial charge in [-0.2, -0.15) is 0 Å². The molecule has 0 aliphatic heterocycles. The van der Waals surface area contributed by atoms with Gasteiger partial charge < -0.3 is 10.1 Å². The maximum absolute atomic E-state index is 12.6. The van der Waals surface area contributed by atoms with Gasteiger partial charge in [0.1, 0.15) is 16.4 Å². The number of amides is 1. The van der Waals surface area contributed by atoms with E-state index in [0.717, 1.165) is 27.9 Å². The van der Waals surface area contributed by atoms with E-state index in [0.29, 0.717) is 23.1 Å². The molecule has 0 radical (unpaired) electrons. The van der Waals surface area contributed by atoms with Gasteiger partial charge in [-0.3, -0.25) is 4.79 Å². The predicted octanol–water partition coefficient (Wildman–Crippen LogP) is 4.80. The third-order valence-electron chi connectivity index (χ3n) is 4.07. The Morgan fingerprint density at radius 3 is 2.79 bits per heavy atom. The highest BCUT2D eigenvalue weighted by Gasteiger charge is 2.22. The number of benzene rings is 1. The monoisotopic (exact) mass is 429 g/mol. The summed E-state index contributed by atoms with van der Waals surface area (Å²) in [6.07, 6.45) is 2.25. The van der Waals surface area contributed by atoms with Gasteiger partial charge in [0.15, 0.2) is 0 Å². The van der Waals surface area contributed by atoms with Crippen molar-refractivity contribution in [2.75, 3.05) is 17.7 Å². The van der Waals surface area contributed by atoms with E-state index in [1.165, 1.54) is 29.4 Å². The van der Waals surface area contributed by atoms with Crippen LogP contribution in [0.2, 0.25) is 0 Å². The maximum atomic E-state index is 12.6. The van der Waals surface area contributed by atoms with Gasteiger partial charge in [0.05, 0.1) is 23.4 Å². The summed E-state index contributed by atoms with van der Waals surface area (Å²) in [6.45, 7) is 6.24. The van der Waals surface area contributed by atoms with Crippen LogP contribution in [0.25, 0.3) is 10.9 Å². The molecule has 0 unspecified atom stereocenters. The molecule has 152 valence electrons. The fraction of sp³-hybridized carbons (Fsp3) is 0.333. The first-order chi connectivity index (χ1) is 14.0. The number of anilines is 1. The number of esters is 1. The molecule has 0 bridgehead atoms. The van der Waals surface area contributed by atoms with Crippen LogP contribution in [0.3, 0.4) is 0 Å². The molecule has 1 amide bonds. The number of carbonyl (C=O) groups is 2. The highest BCUT2D eigenvalue weighted by atomic mass is 32.2. The number of thioether (sulfide) groups is 1. The molecule has 6 nitrogen and oxygen atoms in total. The van der Waals surface area contributed by atoms with Gasteiger partial charge in [0.25, 0.3) is 0 Å². The van der Waals surface area contributed by atoms with Crippen molar-refractivity contribution < 1.29 is 14.3 Å². The molecule has 0 fully saturated rings. The van der Waals surface area contributed by atoms with Gasteiger partial charge >= 0.3 is 5.97 Å². The van der Waals surface area contributed by atoms with Crippen molar-refractivity contribution in [2.24, 2.45) is 5.92 Å². The van der Waals surface area contributed by atoms with E-state index >= 15 is 0 Å². The molecule has 1 N–H and O–H groups in total. The summed E-state index contributed by atoms with van der Waals surface area (Å²) in [5.74, 6) is -0.0148. The topological polar surface area (TPSA) is 81.2 Å². The van der Waals surface area contributed by atoms with Crippen molar-refractivity contribution in [3.05, 3.63) is 47.1 Å². The number of carbonyl (C=O) groups excluding carboxylic acids is 2. The van der Waals surface area contributed by atoms with Crippen LogP contribution in [0, 0.1) is 5.92 Å². The second-order valence-corrected chi connectivity index (χ2v) is 8.66. The molecular formula is C21H23N3O3S2. The van der Waals surface area contributed by atoms with E-state index in [9.17, 15) is 9.59 Å². The lowest BCUT2D eigenvalue weighted by atomic mass is 10.0. The standard InChI is InChI=1S/C21H23N3O3S2/c1-4-27-21(26)18-14(9-13(2)3)10-28-20(18)24-17(25)11-29-19-15-7-5-6-8-16(15)22-12-23-19/h5-8,10,12-13H,4,9,11H2,1-3H3,(H,24,25). The quantitative estimate of drug-likeness (QED) is 0.315. The molecule has 0 saturated carbocycles. The first-order valence-electron chi connectivity index (χ1n) is 9.39. The third-order valence-corrected chi connectivity index (χ3v) is 6.02. The van der Waals surface area contributed by atoms with E-state index in [1.54, 1.807) is 6.92 Å². The van der Waals surface area contributed by atoms with Crippen molar-refractivity contribution in [2.45, 2.75) is 32.2 Å². The average molecular weight is 430 g/mol. The number of rotatable bonds is 8. The smallest absolute Gasteiger partial charge is 0.341 e. The second-order valence-electron chi connectivity index (χ2n) is 6.82. The van der Waals surface area contributed by atoms with Crippen LogP contribution >= 0.6 is 23.1 Å². The Labute approximate surface area is 178 Å². The second kappa shape index (κ2) is 9.84. The van der Waals surface area contributed by atoms with Crippen LogP contribution < -0.4 is 5.32 Å². The molecule has 1 aromatic carbocycles. The van der Waals surface area contributed by atoms with Gasteiger partial charge in [0, 0.05) is 5.39 Å². The number of hydrogen-bond donors (Lipinski definition) is 1. The van der Waals surface area contributed by atoms with E-state index in [1.807, 2.05) is 29.6 Å². The Kier molecular flexibility index (Phi) is 7.22. The lowest BCUT2D eigenvalue weighted by Gasteiger charge is -2.10. The zero-order chi connectivity index (χ0) is 20.8. The van der Waals surface area contributed by atoms with Crippen LogP contribution in [-0.4, -0.2) is 34.2 Å². The summed E-state index contributed by atoms with van der Waals surface area (Å²) >= 11 is 2.70. The molecule has 8 heteroatoms. The minimum atomic E-state index is -0.394. The summed E-state index contributed by atoms with van der Waals surface area (Å²) < 4.78 is 5.20. The zero-order valence-corrected chi connectivity index (χ0v) is 18.2. The molecule has 3 rings (SSSR count). The van der Waals surface area contributed by atoms with E-state index in [4.69, 9.17) is 4.74 Å². The molecule has 0 aliphatic rings. The van der Waals surface area contributed by atoms with Crippen molar-refractivity contribution in [1.29, 1.82) is 0 Å². The van der Waals surface area contributed by atoms with Crippen molar-refractivity contribution in [3.8, 4) is 0 Å². The number of thiophene rings is 1. The normalized spacial score (nSPS) is 11.0. The molecule has 2 aromatic heterocycles. The molecule has 0 spiro atoms. The fourth-order valence-corrected chi connectivity index (χ4v) is 4.66. The van der Waals surface area contributed by atoms with Crippen LogP contribution in [0.1, 0.15) is 36.7 Å². The highest BCUT2D eigenvalue weighted by Crippen LogP contribution is 2.31. The highest BCUT2D eigenvalue weighted by molar-refractivity contribution is 8.00. The van der Waals surface area contributed by atoms with E-state index in [2.05, 4.69) is 29.1 Å². The SMILES string of the molecule is CCOC(=O)c1c(CC(C)C)csc1NC(=O)CSc1ncnc2ccccc12. The van der Waals surface area contributed by atoms with Crippen molar-refractivity contribution >= 4 is 50.9 Å². The summed E-state index contributed by atoms with van der Waals surface area (Å²) in [6, 6.07) is 7.68. The average Bonchev–Trinajstić information content (AvgIpc) is 3.07. The van der Waals surface area contributed by atoms with Crippen LogP contribution in [0.4, 0.5) is 5.00 Å². The molecule has 0 aliphatic carbocycles. The van der Waals surface area contributed by atoms with Crippen LogP contribution in [-0.2, 0) is 16.0 Å². The number of fused-ring (bicyclic) bond motifs is 1. The van der Waals surface area contributed by atoms with Gasteiger partial charge in [-0.15, -0.1) is 11.3 Å². The number of ether oxygens (including phenoxy) is 1. The minimum Gasteiger partial charge on any atom is -0.462 e. The lowest BCUT2D eigenvalue weighted by molar-refractivity contribution is -0.113. The largest absolute Gasteiger partial charge is 0.462 e. The molecular weight excluding hydrogens is 406 g/mol. The van der Waals surface area contributed by atoms with Crippen molar-refractivity contribution in [3.63, 3.8) is 0 Å². The Morgan fingerprint density at radius 1 is 1.24 bits per heavy atom. The molecule has 3 aromatic rings. The number of hydrogen-bond acceptors (Lipinski definition) is 7. The van der Waals surface area contributed by atoms with Crippen molar-refractivity contribution in [1.82, 2.24) is 9.97 Å². The summed E-state index contributed by atoms with van der Waals surface area (Å²) in [7, 11) is 0. The summed E-state index contributed by atoms with van der Waals surface area (Å²) in [5, 5.41) is 7.00. The molecule has 29 heavy (non-hydrogen) atoms. The van der Waals surface area contributed by atoms with E-state index in [-0.39, 0.29) is 11.7 Å². The Balaban J connectivity index is 1.73. The predicted molar refractivity (Wildman–Crippen MR) is 118 cm³/mol. The maximum Gasteiger partial charge on any atom is 0.341 e. The first-order valence-corrected chi connectivity index (χ1v) is 11.3. The minimum absolute atomic E-state index is 0.181. The fourth-order valence-electron chi connectivity index (χ4n) is 2.89. The van der Waals surface area contributed by atoms with Crippen LogP contribution in [0.15, 0.2) is 41.0 Å². The van der Waals surface area contributed by atoms with Gasteiger partial charge in [-0.25, -0.2) is 14.8 Å². The zero-order valence-electron chi connectivity index (χ0n) is 16.6. The van der Waals surface area contributed by atoms with E-state index < -0.39 is 5.97 Å². The lowest BCUT2D eigenvalue weighted by Crippen LogP contribution is -2.17. The Bertz CT molecular complexity index is 1010. The van der Waals surface area contributed by atoms with Gasteiger partial charge in [-0.05, 0) is 36.3 Å². The number of nitrogens with zero attached hydrogens (tertiary/aromatic N) is 2.